The lowest BCUT2D eigenvalue weighted by atomic mass is 10.1. The summed E-state index contributed by atoms with van der Waals surface area (Å²) in [5.41, 5.74) is 5.30. The van der Waals surface area contributed by atoms with Crippen LogP contribution in [0.15, 0.2) is 48.5 Å². The molecule has 1 unspecified atom stereocenters. The van der Waals surface area contributed by atoms with Crippen molar-refractivity contribution in [2.75, 3.05) is 11.3 Å². The SMILES string of the molecule is CC(c1ccc(N(C=O)NCc2ccc(Cl)cc2)cc1)S(C)(=O)=O. The van der Waals surface area contributed by atoms with Crippen molar-refractivity contribution in [1.29, 1.82) is 0 Å². The first kappa shape index (κ1) is 18.4. The number of hydrogen-bond donors (Lipinski definition) is 1. The molecule has 0 aliphatic heterocycles. The van der Waals surface area contributed by atoms with Crippen molar-refractivity contribution in [3.63, 3.8) is 0 Å². The number of hydrogen-bond acceptors (Lipinski definition) is 4. The van der Waals surface area contributed by atoms with Gasteiger partial charge < -0.3 is 0 Å². The molecule has 1 amide bonds. The van der Waals surface area contributed by atoms with Gasteiger partial charge in [0.05, 0.1) is 10.9 Å². The molecule has 128 valence electrons. The lowest BCUT2D eigenvalue weighted by molar-refractivity contribution is -0.108. The zero-order valence-corrected chi connectivity index (χ0v) is 15.0. The van der Waals surface area contributed by atoms with E-state index < -0.39 is 15.1 Å². The summed E-state index contributed by atoms with van der Waals surface area (Å²) in [7, 11) is -3.15. The molecule has 0 aliphatic rings. The number of carbonyl (C=O) groups excluding carboxylic acids is 1. The van der Waals surface area contributed by atoms with Gasteiger partial charge in [-0.1, -0.05) is 35.9 Å². The number of sulfone groups is 1. The van der Waals surface area contributed by atoms with Gasteiger partial charge >= 0.3 is 0 Å². The van der Waals surface area contributed by atoms with Gasteiger partial charge in [-0.05, 0) is 42.3 Å². The molecule has 24 heavy (non-hydrogen) atoms. The zero-order chi connectivity index (χ0) is 17.7. The fraction of sp³-hybridized carbons (Fsp3) is 0.235. The van der Waals surface area contributed by atoms with Crippen LogP contribution in [-0.4, -0.2) is 21.1 Å². The van der Waals surface area contributed by atoms with E-state index in [0.29, 0.717) is 29.2 Å². The summed E-state index contributed by atoms with van der Waals surface area (Å²) in [5.74, 6) is 0. The summed E-state index contributed by atoms with van der Waals surface area (Å²) in [6.45, 7) is 2.10. The van der Waals surface area contributed by atoms with E-state index in [9.17, 15) is 13.2 Å². The van der Waals surface area contributed by atoms with Gasteiger partial charge in [0, 0.05) is 17.8 Å². The Bertz CT molecular complexity index is 790. The lowest BCUT2D eigenvalue weighted by Crippen LogP contribution is -2.36. The molecule has 2 rings (SSSR count). The maximum Gasteiger partial charge on any atom is 0.228 e. The van der Waals surface area contributed by atoms with E-state index in [1.807, 2.05) is 12.1 Å². The summed E-state index contributed by atoms with van der Waals surface area (Å²) in [5, 5.41) is 1.42. The number of nitrogens with one attached hydrogen (secondary N) is 1. The largest absolute Gasteiger partial charge is 0.277 e. The molecule has 0 heterocycles. The van der Waals surface area contributed by atoms with Gasteiger partial charge in [0.15, 0.2) is 9.84 Å². The Hall–Kier alpha value is -1.89. The molecule has 7 heteroatoms. The fourth-order valence-corrected chi connectivity index (χ4v) is 2.90. The Kier molecular flexibility index (Phi) is 5.99. The average Bonchev–Trinajstić information content (AvgIpc) is 2.56. The first-order chi connectivity index (χ1) is 11.3. The lowest BCUT2D eigenvalue weighted by Gasteiger charge is -2.19. The van der Waals surface area contributed by atoms with E-state index in [0.717, 1.165) is 5.56 Å². The minimum absolute atomic E-state index is 0.456. The van der Waals surface area contributed by atoms with Crippen LogP contribution >= 0.6 is 11.6 Å². The van der Waals surface area contributed by atoms with Gasteiger partial charge in [-0.15, -0.1) is 0 Å². The highest BCUT2D eigenvalue weighted by Gasteiger charge is 2.17. The molecule has 5 nitrogen and oxygen atoms in total. The van der Waals surface area contributed by atoms with Crippen molar-refractivity contribution < 1.29 is 13.2 Å². The van der Waals surface area contributed by atoms with E-state index in [2.05, 4.69) is 5.43 Å². The molecule has 1 N–H and O–H groups in total. The fourth-order valence-electron chi connectivity index (χ4n) is 2.12. The van der Waals surface area contributed by atoms with Crippen LogP contribution in [0, 0.1) is 0 Å². The third-order valence-electron chi connectivity index (χ3n) is 3.76. The molecule has 0 bridgehead atoms. The number of benzene rings is 2. The molecule has 0 aliphatic carbocycles. The van der Waals surface area contributed by atoms with Crippen LogP contribution in [0.5, 0.6) is 0 Å². The second-order valence-corrected chi connectivity index (χ2v) is 8.30. The van der Waals surface area contributed by atoms with Crippen LogP contribution in [0.1, 0.15) is 23.3 Å². The molecule has 0 fully saturated rings. The molecule has 2 aromatic rings. The molecule has 0 aromatic heterocycles. The number of halogens is 1. The standard InChI is InChI=1S/C17H19ClN2O3S/c1-13(24(2,22)23)15-5-9-17(10-6-15)20(12-21)19-11-14-3-7-16(18)8-4-14/h3-10,12-13,19H,11H2,1-2H3. The second kappa shape index (κ2) is 7.79. The highest BCUT2D eigenvalue weighted by Crippen LogP contribution is 2.23. The first-order valence-electron chi connectivity index (χ1n) is 7.32. The van der Waals surface area contributed by atoms with E-state index >= 15 is 0 Å². The summed E-state index contributed by atoms with van der Waals surface area (Å²) >= 11 is 5.84. The quantitative estimate of drug-likeness (QED) is 0.604. The van der Waals surface area contributed by atoms with Gasteiger partial charge in [0.1, 0.15) is 0 Å². The third kappa shape index (κ3) is 4.80. The predicted octanol–water partition coefficient (Wildman–Crippen LogP) is 3.11. The van der Waals surface area contributed by atoms with Crippen LogP contribution in [0.2, 0.25) is 5.02 Å². The van der Waals surface area contributed by atoms with Crippen molar-refractivity contribution in [2.24, 2.45) is 0 Å². The van der Waals surface area contributed by atoms with Gasteiger partial charge in [-0.2, -0.15) is 0 Å². The minimum Gasteiger partial charge on any atom is -0.277 e. The summed E-state index contributed by atoms with van der Waals surface area (Å²) < 4.78 is 23.2. The van der Waals surface area contributed by atoms with E-state index in [-0.39, 0.29) is 0 Å². The number of carbonyl (C=O) groups is 1. The number of hydrazine groups is 1. The molecule has 0 saturated heterocycles. The summed E-state index contributed by atoms with van der Waals surface area (Å²) in [6.07, 6.45) is 1.88. The van der Waals surface area contributed by atoms with Gasteiger partial charge in [0.25, 0.3) is 0 Å². The molecular weight excluding hydrogens is 348 g/mol. The van der Waals surface area contributed by atoms with Gasteiger partial charge in [-0.25, -0.2) is 18.9 Å². The molecule has 0 radical (unpaired) electrons. The van der Waals surface area contributed by atoms with Crippen LogP contribution < -0.4 is 10.4 Å². The highest BCUT2D eigenvalue weighted by molar-refractivity contribution is 7.90. The monoisotopic (exact) mass is 366 g/mol. The van der Waals surface area contributed by atoms with Crippen LogP contribution in [-0.2, 0) is 21.2 Å². The second-order valence-electron chi connectivity index (χ2n) is 5.50. The molecule has 0 spiro atoms. The number of amides is 1. The number of anilines is 1. The number of rotatable bonds is 7. The smallest absolute Gasteiger partial charge is 0.228 e. The molecule has 1 atom stereocenters. The van der Waals surface area contributed by atoms with E-state index in [1.165, 1.54) is 11.3 Å². The normalized spacial score (nSPS) is 12.6. The molecular formula is C17H19ClN2O3S. The van der Waals surface area contributed by atoms with Gasteiger partial charge in [-0.3, -0.25) is 4.79 Å². The Morgan fingerprint density at radius 3 is 2.21 bits per heavy atom. The maximum absolute atomic E-state index is 11.6. The highest BCUT2D eigenvalue weighted by atomic mass is 35.5. The molecule has 2 aromatic carbocycles. The van der Waals surface area contributed by atoms with Gasteiger partial charge in [0.2, 0.25) is 6.41 Å². The maximum atomic E-state index is 11.6. The Labute approximate surface area is 147 Å². The predicted molar refractivity (Wildman–Crippen MR) is 96.5 cm³/mol. The third-order valence-corrected chi connectivity index (χ3v) is 5.56. The Morgan fingerprint density at radius 2 is 1.71 bits per heavy atom. The van der Waals surface area contributed by atoms with Crippen LogP contribution in [0.3, 0.4) is 0 Å². The zero-order valence-electron chi connectivity index (χ0n) is 13.4. The van der Waals surface area contributed by atoms with Crippen molar-refractivity contribution in [2.45, 2.75) is 18.7 Å². The van der Waals surface area contributed by atoms with Crippen LogP contribution in [0.4, 0.5) is 5.69 Å². The van der Waals surface area contributed by atoms with E-state index in [4.69, 9.17) is 11.6 Å². The van der Waals surface area contributed by atoms with Crippen molar-refractivity contribution >= 4 is 33.5 Å². The summed E-state index contributed by atoms with van der Waals surface area (Å²) in [4.78, 5) is 11.3. The Balaban J connectivity index is 2.07. The molecule has 0 saturated carbocycles. The minimum atomic E-state index is -3.15. The van der Waals surface area contributed by atoms with Crippen LogP contribution in [0.25, 0.3) is 0 Å². The van der Waals surface area contributed by atoms with Crippen molar-refractivity contribution in [3.05, 3.63) is 64.7 Å². The van der Waals surface area contributed by atoms with E-state index in [1.54, 1.807) is 43.3 Å². The first-order valence-corrected chi connectivity index (χ1v) is 9.66. The summed E-state index contributed by atoms with van der Waals surface area (Å²) in [6, 6.07) is 14.1. The van der Waals surface area contributed by atoms with Crippen molar-refractivity contribution in [1.82, 2.24) is 5.43 Å². The van der Waals surface area contributed by atoms with Crippen molar-refractivity contribution in [3.8, 4) is 0 Å². The Morgan fingerprint density at radius 1 is 1.12 bits per heavy atom. The topological polar surface area (TPSA) is 66.5 Å². The average molecular weight is 367 g/mol. The number of nitrogens with zero attached hydrogens (tertiary/aromatic N) is 1.